The largest absolute Gasteiger partial charge is 0.467 e. The van der Waals surface area contributed by atoms with Gasteiger partial charge in [0.05, 0.1) is 7.11 Å². The number of ether oxygens (including phenoxy) is 1. The first kappa shape index (κ1) is 13.8. The fourth-order valence-corrected chi connectivity index (χ4v) is 1.75. The first-order valence-electron chi connectivity index (χ1n) is 6.14. The van der Waals surface area contributed by atoms with E-state index in [2.05, 4.69) is 20.6 Å². The Balaban J connectivity index is 2.26. The third-order valence-electron chi connectivity index (χ3n) is 2.74. The van der Waals surface area contributed by atoms with E-state index in [0.717, 1.165) is 5.56 Å². The highest BCUT2D eigenvalue weighted by Gasteiger charge is 2.21. The highest BCUT2D eigenvalue weighted by molar-refractivity contribution is 5.80. The van der Waals surface area contributed by atoms with E-state index in [4.69, 9.17) is 4.74 Å². The van der Waals surface area contributed by atoms with E-state index in [-0.39, 0.29) is 5.97 Å². The number of hydrogen-bond acceptors (Lipinski definition) is 6. The maximum absolute atomic E-state index is 11.9. The summed E-state index contributed by atoms with van der Waals surface area (Å²) >= 11 is 0. The van der Waals surface area contributed by atoms with Crippen LogP contribution in [0.1, 0.15) is 11.6 Å². The molecular formula is C14H16N4O2. The third-order valence-corrected chi connectivity index (χ3v) is 2.74. The Bertz CT molecular complexity index is 574. The molecule has 0 aliphatic carbocycles. The number of aromatic nitrogens is 2. The van der Waals surface area contributed by atoms with Crippen molar-refractivity contribution in [1.29, 1.82) is 0 Å². The molecule has 0 amide bonds. The SMILES string of the molecule is CNc1nccc(NC(C(=O)OC)c2ccccc2)n1. The van der Waals surface area contributed by atoms with Crippen LogP contribution < -0.4 is 10.6 Å². The molecule has 1 unspecified atom stereocenters. The molecule has 1 heterocycles. The van der Waals surface area contributed by atoms with Crippen LogP contribution in [0.4, 0.5) is 11.8 Å². The molecule has 20 heavy (non-hydrogen) atoms. The lowest BCUT2D eigenvalue weighted by atomic mass is 10.1. The van der Waals surface area contributed by atoms with Gasteiger partial charge in [-0.1, -0.05) is 30.3 Å². The lowest BCUT2D eigenvalue weighted by molar-refractivity contribution is -0.141. The van der Waals surface area contributed by atoms with Crippen molar-refractivity contribution in [2.75, 3.05) is 24.8 Å². The van der Waals surface area contributed by atoms with Crippen molar-refractivity contribution in [3.8, 4) is 0 Å². The van der Waals surface area contributed by atoms with E-state index < -0.39 is 6.04 Å². The maximum Gasteiger partial charge on any atom is 0.333 e. The lowest BCUT2D eigenvalue weighted by Crippen LogP contribution is -2.23. The second-order valence-electron chi connectivity index (χ2n) is 4.03. The monoisotopic (exact) mass is 272 g/mol. The van der Waals surface area contributed by atoms with E-state index in [0.29, 0.717) is 11.8 Å². The number of methoxy groups -OCH3 is 1. The minimum Gasteiger partial charge on any atom is -0.467 e. The zero-order chi connectivity index (χ0) is 14.4. The van der Waals surface area contributed by atoms with Crippen molar-refractivity contribution in [2.24, 2.45) is 0 Å². The maximum atomic E-state index is 11.9. The van der Waals surface area contributed by atoms with E-state index >= 15 is 0 Å². The van der Waals surface area contributed by atoms with Gasteiger partial charge in [0.1, 0.15) is 5.82 Å². The van der Waals surface area contributed by atoms with Crippen LogP contribution in [0.5, 0.6) is 0 Å². The standard InChI is InChI=1S/C14H16N4O2/c1-15-14-16-9-8-11(18-14)17-12(13(19)20-2)10-6-4-3-5-7-10/h3-9,12H,1-2H3,(H2,15,16,17,18). The van der Waals surface area contributed by atoms with Gasteiger partial charge in [0.25, 0.3) is 0 Å². The number of benzene rings is 1. The van der Waals surface area contributed by atoms with Gasteiger partial charge in [0.2, 0.25) is 5.95 Å². The quantitative estimate of drug-likeness (QED) is 0.809. The summed E-state index contributed by atoms with van der Waals surface area (Å²) in [5.41, 5.74) is 0.809. The number of anilines is 2. The van der Waals surface area contributed by atoms with Crippen molar-refractivity contribution < 1.29 is 9.53 Å². The molecule has 6 nitrogen and oxygen atoms in total. The van der Waals surface area contributed by atoms with E-state index in [9.17, 15) is 4.79 Å². The smallest absolute Gasteiger partial charge is 0.333 e. The number of nitrogens with one attached hydrogen (secondary N) is 2. The Hall–Kier alpha value is -2.63. The summed E-state index contributed by atoms with van der Waals surface area (Å²) in [5.74, 6) is 0.649. The number of carbonyl (C=O) groups is 1. The summed E-state index contributed by atoms with van der Waals surface area (Å²) in [6, 6.07) is 10.4. The molecular weight excluding hydrogens is 256 g/mol. The van der Waals surface area contributed by atoms with Crippen molar-refractivity contribution in [2.45, 2.75) is 6.04 Å². The zero-order valence-electron chi connectivity index (χ0n) is 11.3. The number of nitrogens with zero attached hydrogens (tertiary/aromatic N) is 2. The minimum absolute atomic E-state index is 0.374. The van der Waals surface area contributed by atoms with Gasteiger partial charge >= 0.3 is 5.97 Å². The highest BCUT2D eigenvalue weighted by Crippen LogP contribution is 2.19. The van der Waals surface area contributed by atoms with Gasteiger partial charge in [-0.05, 0) is 11.6 Å². The predicted molar refractivity (Wildman–Crippen MR) is 76.4 cm³/mol. The summed E-state index contributed by atoms with van der Waals surface area (Å²) < 4.78 is 4.84. The first-order chi connectivity index (χ1) is 9.74. The van der Waals surface area contributed by atoms with Crippen LogP contribution in [0.2, 0.25) is 0 Å². The Morgan fingerprint density at radius 2 is 2.00 bits per heavy atom. The van der Waals surface area contributed by atoms with Crippen LogP contribution in [-0.4, -0.2) is 30.1 Å². The van der Waals surface area contributed by atoms with E-state index in [1.54, 1.807) is 19.3 Å². The Morgan fingerprint density at radius 1 is 1.25 bits per heavy atom. The molecule has 0 radical (unpaired) electrons. The van der Waals surface area contributed by atoms with Crippen molar-refractivity contribution in [3.63, 3.8) is 0 Å². The lowest BCUT2D eigenvalue weighted by Gasteiger charge is -2.17. The van der Waals surface area contributed by atoms with Crippen molar-refractivity contribution >= 4 is 17.7 Å². The number of hydrogen-bond donors (Lipinski definition) is 2. The second kappa shape index (κ2) is 6.51. The summed E-state index contributed by atoms with van der Waals surface area (Å²) in [4.78, 5) is 20.2. The summed E-state index contributed by atoms with van der Waals surface area (Å²) in [7, 11) is 3.09. The molecule has 2 rings (SSSR count). The molecule has 1 atom stereocenters. The summed E-state index contributed by atoms with van der Waals surface area (Å²) in [6.07, 6.45) is 1.61. The Labute approximate surface area is 117 Å². The molecule has 1 aromatic carbocycles. The first-order valence-corrected chi connectivity index (χ1v) is 6.14. The van der Waals surface area contributed by atoms with E-state index in [1.807, 2.05) is 30.3 Å². The molecule has 0 saturated heterocycles. The molecule has 2 N–H and O–H groups in total. The molecule has 0 aliphatic rings. The molecule has 0 bridgehead atoms. The van der Waals surface area contributed by atoms with E-state index in [1.165, 1.54) is 7.11 Å². The molecule has 1 aromatic heterocycles. The second-order valence-corrected chi connectivity index (χ2v) is 4.03. The average molecular weight is 272 g/mol. The topological polar surface area (TPSA) is 76.1 Å². The molecule has 6 heteroatoms. The van der Waals surface area contributed by atoms with Gasteiger partial charge in [-0.3, -0.25) is 0 Å². The molecule has 0 spiro atoms. The Morgan fingerprint density at radius 3 is 2.65 bits per heavy atom. The minimum atomic E-state index is -0.610. The number of carbonyl (C=O) groups excluding carboxylic acids is 1. The molecule has 104 valence electrons. The summed E-state index contributed by atoms with van der Waals surface area (Å²) in [5, 5.41) is 5.90. The van der Waals surface area contributed by atoms with Crippen molar-refractivity contribution in [3.05, 3.63) is 48.2 Å². The fourth-order valence-electron chi connectivity index (χ4n) is 1.75. The molecule has 0 aliphatic heterocycles. The molecule has 0 saturated carbocycles. The van der Waals surface area contributed by atoms with Crippen molar-refractivity contribution in [1.82, 2.24) is 9.97 Å². The number of rotatable bonds is 5. The van der Waals surface area contributed by atoms with Crippen LogP contribution in [0.15, 0.2) is 42.6 Å². The number of esters is 1. The van der Waals surface area contributed by atoms with Gasteiger partial charge in [0.15, 0.2) is 6.04 Å². The molecule has 2 aromatic rings. The van der Waals surface area contributed by atoms with Crippen LogP contribution in [0.3, 0.4) is 0 Å². The van der Waals surface area contributed by atoms with Gasteiger partial charge in [-0.2, -0.15) is 4.98 Å². The zero-order valence-corrected chi connectivity index (χ0v) is 11.3. The van der Waals surface area contributed by atoms with Gasteiger partial charge < -0.3 is 15.4 Å². The molecule has 0 fully saturated rings. The Kier molecular flexibility index (Phi) is 4.49. The van der Waals surface area contributed by atoms with Crippen LogP contribution in [0.25, 0.3) is 0 Å². The average Bonchev–Trinajstić information content (AvgIpc) is 2.53. The predicted octanol–water partition coefficient (Wildman–Crippen LogP) is 1.84. The normalized spacial score (nSPS) is 11.5. The van der Waals surface area contributed by atoms with Gasteiger partial charge in [-0.15, -0.1) is 0 Å². The highest BCUT2D eigenvalue weighted by atomic mass is 16.5. The van der Waals surface area contributed by atoms with Crippen LogP contribution in [0, 0.1) is 0 Å². The third kappa shape index (κ3) is 3.23. The van der Waals surface area contributed by atoms with Gasteiger partial charge in [0, 0.05) is 13.2 Å². The van der Waals surface area contributed by atoms with Crippen LogP contribution >= 0.6 is 0 Å². The fraction of sp³-hybridized carbons (Fsp3) is 0.214. The summed E-state index contributed by atoms with van der Waals surface area (Å²) in [6.45, 7) is 0. The van der Waals surface area contributed by atoms with Crippen LogP contribution in [-0.2, 0) is 9.53 Å². The van der Waals surface area contributed by atoms with Gasteiger partial charge in [-0.25, -0.2) is 9.78 Å².